The summed E-state index contributed by atoms with van der Waals surface area (Å²) < 4.78 is 52.2. The molecule has 0 bridgehead atoms. The Balaban J connectivity index is 1.57. The van der Waals surface area contributed by atoms with E-state index in [1.54, 1.807) is 38.1 Å². The first-order chi connectivity index (χ1) is 15.7. The summed E-state index contributed by atoms with van der Waals surface area (Å²) in [4.78, 5) is 20.3. The Morgan fingerprint density at radius 1 is 1.12 bits per heavy atom. The summed E-state index contributed by atoms with van der Waals surface area (Å²) in [6.07, 6.45) is 1.19. The van der Waals surface area contributed by atoms with Gasteiger partial charge in [0, 0.05) is 0 Å². The number of nitrogens with zero attached hydrogens (tertiary/aromatic N) is 2. The van der Waals surface area contributed by atoms with Crippen molar-refractivity contribution in [2.75, 3.05) is 4.72 Å². The quantitative estimate of drug-likeness (QED) is 0.420. The lowest BCUT2D eigenvalue weighted by atomic mass is 10.2. The lowest BCUT2D eigenvalue weighted by molar-refractivity contribution is 0.0921. The molecule has 2 aromatic heterocycles. The van der Waals surface area contributed by atoms with Gasteiger partial charge >= 0.3 is 0 Å². The van der Waals surface area contributed by atoms with Crippen LogP contribution in [-0.2, 0) is 16.6 Å². The van der Waals surface area contributed by atoms with Crippen molar-refractivity contribution >= 4 is 21.6 Å². The van der Waals surface area contributed by atoms with Gasteiger partial charge in [-0.3, -0.25) is 9.52 Å². The molecular formula is C22H19FN4O5S. The highest BCUT2D eigenvalue weighted by molar-refractivity contribution is 7.92. The molecule has 0 aliphatic rings. The van der Waals surface area contributed by atoms with E-state index in [-0.39, 0.29) is 28.8 Å². The molecule has 0 aliphatic carbocycles. The van der Waals surface area contributed by atoms with E-state index in [1.807, 2.05) is 0 Å². The van der Waals surface area contributed by atoms with Crippen LogP contribution in [-0.4, -0.2) is 24.3 Å². The maximum Gasteiger partial charge on any atom is 0.289 e. The number of rotatable bonds is 7. The van der Waals surface area contributed by atoms with Crippen LogP contribution in [0.2, 0.25) is 0 Å². The van der Waals surface area contributed by atoms with Crippen molar-refractivity contribution in [2.24, 2.45) is 0 Å². The van der Waals surface area contributed by atoms with Crippen molar-refractivity contribution < 1.29 is 26.4 Å². The molecule has 0 saturated heterocycles. The largest absolute Gasteiger partial charge is 0.441 e. The monoisotopic (exact) mass is 470 g/mol. The Labute approximate surface area is 188 Å². The highest BCUT2D eigenvalue weighted by Crippen LogP contribution is 2.30. The number of carbonyl (C=O) groups is 1. The number of halogens is 1. The van der Waals surface area contributed by atoms with Crippen molar-refractivity contribution in [3.05, 3.63) is 83.7 Å². The van der Waals surface area contributed by atoms with Crippen LogP contribution < -0.4 is 10.0 Å². The zero-order valence-corrected chi connectivity index (χ0v) is 18.4. The SMILES string of the molecule is Cc1ncoc1C(=O)NCc1nc(-c2ccccc2NS(=O)(=O)c2cccc(F)c2)oc1C. The van der Waals surface area contributed by atoms with Gasteiger partial charge in [0.15, 0.2) is 6.39 Å². The number of hydrogen-bond donors (Lipinski definition) is 2. The van der Waals surface area contributed by atoms with Gasteiger partial charge in [0.05, 0.1) is 28.4 Å². The second-order valence-electron chi connectivity index (χ2n) is 7.08. The summed E-state index contributed by atoms with van der Waals surface area (Å²) in [7, 11) is -4.05. The number of anilines is 1. The molecule has 170 valence electrons. The van der Waals surface area contributed by atoms with E-state index in [0.29, 0.717) is 22.7 Å². The number of sulfonamides is 1. The Hall–Kier alpha value is -3.99. The van der Waals surface area contributed by atoms with Crippen LogP contribution in [0.25, 0.3) is 11.5 Å². The van der Waals surface area contributed by atoms with Gasteiger partial charge in [0.2, 0.25) is 11.7 Å². The maximum absolute atomic E-state index is 13.5. The fourth-order valence-corrected chi connectivity index (χ4v) is 4.18. The lowest BCUT2D eigenvalue weighted by Gasteiger charge is -2.11. The van der Waals surface area contributed by atoms with Gasteiger partial charge in [-0.1, -0.05) is 18.2 Å². The van der Waals surface area contributed by atoms with Gasteiger partial charge in [-0.25, -0.2) is 22.8 Å². The molecule has 0 atom stereocenters. The standard InChI is InChI=1S/C22H19FN4O5S/c1-13-20(31-12-25-13)21(28)24-11-19-14(2)32-22(26-19)17-8-3-4-9-18(17)27-33(29,30)16-7-5-6-15(23)10-16/h3-10,12,27H,11H2,1-2H3,(H,24,28). The molecule has 0 spiro atoms. The van der Waals surface area contributed by atoms with Crippen molar-refractivity contribution in [1.29, 1.82) is 0 Å². The molecule has 2 heterocycles. The highest BCUT2D eigenvalue weighted by Gasteiger charge is 2.21. The fraction of sp³-hybridized carbons (Fsp3) is 0.136. The molecule has 11 heteroatoms. The Morgan fingerprint density at radius 3 is 2.64 bits per heavy atom. The van der Waals surface area contributed by atoms with Crippen LogP contribution in [0.5, 0.6) is 0 Å². The third kappa shape index (κ3) is 4.77. The van der Waals surface area contributed by atoms with E-state index in [2.05, 4.69) is 20.0 Å². The molecular weight excluding hydrogens is 451 g/mol. The molecule has 0 radical (unpaired) electrons. The number of carbonyl (C=O) groups excluding carboxylic acids is 1. The second kappa shape index (κ2) is 8.87. The third-order valence-electron chi connectivity index (χ3n) is 4.77. The number of para-hydroxylation sites is 1. The van der Waals surface area contributed by atoms with Crippen molar-refractivity contribution in [3.63, 3.8) is 0 Å². The molecule has 9 nitrogen and oxygen atoms in total. The number of nitrogens with one attached hydrogen (secondary N) is 2. The van der Waals surface area contributed by atoms with E-state index in [1.165, 1.54) is 18.5 Å². The first-order valence-corrected chi connectivity index (χ1v) is 11.3. The van der Waals surface area contributed by atoms with Crippen LogP contribution in [0.15, 0.2) is 68.7 Å². The molecule has 2 N–H and O–H groups in total. The summed E-state index contributed by atoms with van der Waals surface area (Å²) in [5, 5.41) is 2.69. The average Bonchev–Trinajstić information content (AvgIpc) is 3.37. The Kier molecular flexibility index (Phi) is 5.97. The van der Waals surface area contributed by atoms with Gasteiger partial charge < -0.3 is 14.2 Å². The van der Waals surface area contributed by atoms with Crippen LogP contribution in [0.4, 0.5) is 10.1 Å². The van der Waals surface area contributed by atoms with Crippen molar-refractivity contribution in [3.8, 4) is 11.5 Å². The minimum Gasteiger partial charge on any atom is -0.441 e. The smallest absolute Gasteiger partial charge is 0.289 e. The zero-order chi connectivity index (χ0) is 23.6. The number of aromatic nitrogens is 2. The summed E-state index contributed by atoms with van der Waals surface area (Å²) in [6, 6.07) is 11.2. The Morgan fingerprint density at radius 2 is 1.91 bits per heavy atom. The van der Waals surface area contributed by atoms with Crippen LogP contribution in [0.3, 0.4) is 0 Å². The van der Waals surface area contributed by atoms with E-state index < -0.39 is 21.7 Å². The van der Waals surface area contributed by atoms with Crippen LogP contribution >= 0.6 is 0 Å². The number of hydrogen-bond acceptors (Lipinski definition) is 7. The van der Waals surface area contributed by atoms with E-state index in [9.17, 15) is 17.6 Å². The summed E-state index contributed by atoms with van der Waals surface area (Å²) >= 11 is 0. The average molecular weight is 470 g/mol. The number of benzene rings is 2. The fourth-order valence-electron chi connectivity index (χ4n) is 3.07. The number of amides is 1. The number of aryl methyl sites for hydroxylation is 2. The van der Waals surface area contributed by atoms with Gasteiger partial charge in [-0.05, 0) is 44.2 Å². The van der Waals surface area contributed by atoms with Crippen LogP contribution in [0, 0.1) is 19.7 Å². The molecule has 2 aromatic carbocycles. The second-order valence-corrected chi connectivity index (χ2v) is 8.76. The van der Waals surface area contributed by atoms with Crippen molar-refractivity contribution in [1.82, 2.24) is 15.3 Å². The molecule has 0 aliphatic heterocycles. The highest BCUT2D eigenvalue weighted by atomic mass is 32.2. The summed E-state index contributed by atoms with van der Waals surface area (Å²) in [5.74, 6) is -0.403. The first-order valence-electron chi connectivity index (χ1n) is 9.77. The van der Waals surface area contributed by atoms with E-state index in [4.69, 9.17) is 8.83 Å². The maximum atomic E-state index is 13.5. The molecule has 33 heavy (non-hydrogen) atoms. The molecule has 0 unspecified atom stereocenters. The zero-order valence-electron chi connectivity index (χ0n) is 17.6. The predicted molar refractivity (Wildman–Crippen MR) is 116 cm³/mol. The molecule has 4 rings (SSSR count). The molecule has 1 amide bonds. The van der Waals surface area contributed by atoms with E-state index >= 15 is 0 Å². The lowest BCUT2D eigenvalue weighted by Crippen LogP contribution is -2.23. The van der Waals surface area contributed by atoms with Gasteiger partial charge in [-0.2, -0.15) is 0 Å². The topological polar surface area (TPSA) is 127 Å². The Bertz CT molecular complexity index is 1430. The minimum atomic E-state index is -4.05. The van der Waals surface area contributed by atoms with Crippen LogP contribution in [0.1, 0.15) is 27.7 Å². The van der Waals surface area contributed by atoms with Crippen molar-refractivity contribution in [2.45, 2.75) is 25.3 Å². The summed E-state index contributed by atoms with van der Waals surface area (Å²) in [5.41, 5.74) is 1.50. The summed E-state index contributed by atoms with van der Waals surface area (Å²) in [6.45, 7) is 3.39. The predicted octanol–water partition coefficient (Wildman–Crippen LogP) is 3.82. The van der Waals surface area contributed by atoms with E-state index in [0.717, 1.165) is 12.1 Å². The van der Waals surface area contributed by atoms with Gasteiger partial charge in [-0.15, -0.1) is 0 Å². The minimum absolute atomic E-state index is 0.0610. The molecule has 0 fully saturated rings. The normalized spacial score (nSPS) is 11.4. The third-order valence-corrected chi connectivity index (χ3v) is 6.13. The van der Waals surface area contributed by atoms with Gasteiger partial charge in [0.1, 0.15) is 17.3 Å². The molecule has 4 aromatic rings. The number of oxazole rings is 2. The molecule has 0 saturated carbocycles. The first kappa shape index (κ1) is 22.2. The van der Waals surface area contributed by atoms with Gasteiger partial charge in [0.25, 0.3) is 15.9 Å².